The molecule has 1 amide bonds. The molecule has 0 aliphatic carbocycles. The second kappa shape index (κ2) is 11.4. The molecule has 2 aromatic carbocycles. The summed E-state index contributed by atoms with van der Waals surface area (Å²) in [6.07, 6.45) is 0.195. The summed E-state index contributed by atoms with van der Waals surface area (Å²) in [7, 11) is 0. The Kier molecular flexibility index (Phi) is 8.68. The lowest BCUT2D eigenvalue weighted by molar-refractivity contribution is -0.384. The first-order chi connectivity index (χ1) is 14.8. The van der Waals surface area contributed by atoms with Gasteiger partial charge in [0.05, 0.1) is 18.0 Å². The number of hydrogen-bond acceptors (Lipinski definition) is 6. The van der Waals surface area contributed by atoms with Crippen molar-refractivity contribution in [3.05, 3.63) is 75.8 Å². The van der Waals surface area contributed by atoms with E-state index in [2.05, 4.69) is 5.32 Å². The van der Waals surface area contributed by atoms with Crippen LogP contribution in [0.1, 0.15) is 36.8 Å². The van der Waals surface area contributed by atoms with Gasteiger partial charge in [-0.15, -0.1) is 0 Å². The van der Waals surface area contributed by atoms with E-state index in [1.54, 1.807) is 6.92 Å². The van der Waals surface area contributed by atoms with Crippen LogP contribution in [-0.2, 0) is 25.5 Å². The molecule has 0 saturated heterocycles. The number of aliphatic carboxylic acids is 1. The van der Waals surface area contributed by atoms with Crippen molar-refractivity contribution in [2.45, 2.75) is 38.1 Å². The van der Waals surface area contributed by atoms with Gasteiger partial charge in [0.1, 0.15) is 6.04 Å². The molecule has 2 aromatic rings. The fourth-order valence-electron chi connectivity index (χ4n) is 3.15. The topological polar surface area (TPSA) is 136 Å². The van der Waals surface area contributed by atoms with E-state index < -0.39 is 34.7 Å². The van der Waals surface area contributed by atoms with Gasteiger partial charge in [-0.05, 0) is 24.5 Å². The molecule has 0 spiro atoms. The Bertz CT molecular complexity index is 913. The number of hydrogen-bond donors (Lipinski definition) is 2. The second-order valence-corrected chi connectivity index (χ2v) is 6.83. The van der Waals surface area contributed by atoms with Crippen molar-refractivity contribution < 1.29 is 29.2 Å². The summed E-state index contributed by atoms with van der Waals surface area (Å²) in [5, 5.41) is 23.1. The van der Waals surface area contributed by atoms with Crippen LogP contribution >= 0.6 is 0 Å². The Morgan fingerprint density at radius 1 is 1.10 bits per heavy atom. The fourth-order valence-corrected chi connectivity index (χ4v) is 3.15. The molecule has 0 fully saturated rings. The molecule has 0 aliphatic heterocycles. The van der Waals surface area contributed by atoms with E-state index in [0.717, 1.165) is 5.56 Å². The number of non-ortho nitro benzene ring substituents is 1. The summed E-state index contributed by atoms with van der Waals surface area (Å²) in [5.41, 5.74) is 1.13. The van der Waals surface area contributed by atoms with Gasteiger partial charge in [0, 0.05) is 24.5 Å². The molecule has 2 rings (SSSR count). The largest absolute Gasteiger partial charge is 0.480 e. The number of carbonyl (C=O) groups excluding carboxylic acids is 2. The minimum absolute atomic E-state index is 0.0696. The lowest BCUT2D eigenvalue weighted by atomic mass is 9.88. The number of carbonyl (C=O) groups is 3. The summed E-state index contributed by atoms with van der Waals surface area (Å²) in [4.78, 5) is 46.8. The predicted octanol–water partition coefficient (Wildman–Crippen LogP) is 2.83. The van der Waals surface area contributed by atoms with Gasteiger partial charge < -0.3 is 15.2 Å². The fraction of sp³-hybridized carbons (Fsp3) is 0.318. The van der Waals surface area contributed by atoms with Gasteiger partial charge in [-0.2, -0.15) is 0 Å². The maximum Gasteiger partial charge on any atom is 0.326 e. The molecule has 0 unspecified atom stereocenters. The summed E-state index contributed by atoms with van der Waals surface area (Å²) >= 11 is 0. The van der Waals surface area contributed by atoms with Crippen LogP contribution in [0.4, 0.5) is 5.69 Å². The highest BCUT2D eigenvalue weighted by Gasteiger charge is 2.33. The first-order valence-electron chi connectivity index (χ1n) is 9.77. The maximum absolute atomic E-state index is 12.4. The lowest BCUT2D eigenvalue weighted by Gasteiger charge is -2.25. The zero-order valence-corrected chi connectivity index (χ0v) is 17.0. The third-order valence-electron chi connectivity index (χ3n) is 4.69. The molecule has 0 heterocycles. The van der Waals surface area contributed by atoms with Gasteiger partial charge in [0.25, 0.3) is 5.69 Å². The molecular formula is C22H24N2O7. The summed E-state index contributed by atoms with van der Waals surface area (Å²) in [6, 6.07) is 13.1. The van der Waals surface area contributed by atoms with Gasteiger partial charge >= 0.3 is 11.9 Å². The van der Waals surface area contributed by atoms with E-state index in [-0.39, 0.29) is 25.1 Å². The Morgan fingerprint density at radius 3 is 2.29 bits per heavy atom. The number of carboxylic acids is 1. The summed E-state index contributed by atoms with van der Waals surface area (Å²) in [6.45, 7) is 1.74. The summed E-state index contributed by atoms with van der Waals surface area (Å²) < 4.78 is 4.94. The average Bonchev–Trinajstić information content (AvgIpc) is 2.75. The second-order valence-electron chi connectivity index (χ2n) is 6.83. The number of aryl methyl sites for hydroxylation is 1. The van der Waals surface area contributed by atoms with Crippen molar-refractivity contribution in [1.29, 1.82) is 0 Å². The minimum atomic E-state index is -1.41. The van der Waals surface area contributed by atoms with Crippen molar-refractivity contribution >= 4 is 23.5 Å². The van der Waals surface area contributed by atoms with Gasteiger partial charge in [-0.1, -0.05) is 42.5 Å². The molecule has 0 saturated carbocycles. The average molecular weight is 428 g/mol. The smallest absolute Gasteiger partial charge is 0.326 e. The number of esters is 1. The molecule has 31 heavy (non-hydrogen) atoms. The van der Waals surface area contributed by atoms with Gasteiger partial charge in [-0.25, -0.2) is 4.79 Å². The number of nitro groups is 1. The molecule has 2 atom stereocenters. The molecule has 164 valence electrons. The van der Waals surface area contributed by atoms with Crippen molar-refractivity contribution in [1.82, 2.24) is 5.32 Å². The zero-order chi connectivity index (χ0) is 22.8. The van der Waals surface area contributed by atoms with Crippen molar-refractivity contribution in [3.63, 3.8) is 0 Å². The third-order valence-corrected chi connectivity index (χ3v) is 4.69. The third kappa shape index (κ3) is 7.22. The van der Waals surface area contributed by atoms with Gasteiger partial charge in [0.15, 0.2) is 0 Å². The van der Waals surface area contributed by atoms with Crippen LogP contribution in [0, 0.1) is 10.1 Å². The molecule has 9 nitrogen and oxygen atoms in total. The molecule has 0 radical (unpaired) electrons. The number of amides is 1. The zero-order valence-electron chi connectivity index (χ0n) is 17.0. The highest BCUT2D eigenvalue weighted by atomic mass is 16.6. The van der Waals surface area contributed by atoms with E-state index in [9.17, 15) is 29.6 Å². The molecular weight excluding hydrogens is 404 g/mol. The highest BCUT2D eigenvalue weighted by molar-refractivity contribution is 5.85. The number of nitrogens with zero attached hydrogens (tertiary/aromatic N) is 1. The lowest BCUT2D eigenvalue weighted by Crippen LogP contribution is -2.45. The van der Waals surface area contributed by atoms with Crippen LogP contribution in [0.15, 0.2) is 54.6 Å². The van der Waals surface area contributed by atoms with E-state index in [1.165, 1.54) is 24.3 Å². The van der Waals surface area contributed by atoms with Crippen LogP contribution in [-0.4, -0.2) is 40.5 Å². The van der Waals surface area contributed by atoms with Crippen molar-refractivity contribution in [2.75, 3.05) is 6.61 Å². The Balaban J connectivity index is 2.21. The maximum atomic E-state index is 12.4. The number of carboxylic acid groups (broad SMARTS) is 1. The van der Waals surface area contributed by atoms with Crippen molar-refractivity contribution in [3.8, 4) is 0 Å². The van der Waals surface area contributed by atoms with Gasteiger partial charge in [-0.3, -0.25) is 19.7 Å². The number of nitrogens with one attached hydrogen (secondary N) is 1. The standard InChI is InChI=1S/C22H24N2O7/c1-2-31-20(26)14-18(16-9-11-17(12-10-16)24(29)30)21(22(27)28)23-19(25)13-8-15-6-4-3-5-7-15/h3-7,9-12,18,21H,2,8,13-14H2,1H3,(H,23,25)(H,27,28)/t18-,21-/m1/s1. The van der Waals surface area contributed by atoms with Crippen LogP contribution < -0.4 is 5.32 Å². The van der Waals surface area contributed by atoms with E-state index in [4.69, 9.17) is 4.74 Å². The quantitative estimate of drug-likeness (QED) is 0.319. The predicted molar refractivity (Wildman–Crippen MR) is 111 cm³/mol. The molecule has 9 heteroatoms. The first kappa shape index (κ1) is 23.5. The number of benzene rings is 2. The van der Waals surface area contributed by atoms with Crippen LogP contribution in [0.2, 0.25) is 0 Å². The van der Waals surface area contributed by atoms with E-state index in [0.29, 0.717) is 12.0 Å². The van der Waals surface area contributed by atoms with E-state index in [1.807, 2.05) is 30.3 Å². The van der Waals surface area contributed by atoms with Gasteiger partial charge in [0.2, 0.25) is 5.91 Å². The first-order valence-corrected chi connectivity index (χ1v) is 9.77. The van der Waals surface area contributed by atoms with Crippen molar-refractivity contribution in [2.24, 2.45) is 0 Å². The molecule has 0 aliphatic rings. The molecule has 2 N–H and O–H groups in total. The molecule has 0 bridgehead atoms. The summed E-state index contributed by atoms with van der Waals surface area (Å²) in [5.74, 6) is -3.39. The normalized spacial score (nSPS) is 12.4. The number of ether oxygens (including phenoxy) is 1. The Hall–Kier alpha value is -3.75. The SMILES string of the molecule is CCOC(=O)C[C@H](c1ccc([N+](=O)[O-])cc1)[C@@H](NC(=O)CCc1ccccc1)C(=O)O. The number of nitro benzene ring substituents is 1. The Morgan fingerprint density at radius 2 is 1.74 bits per heavy atom. The molecule has 0 aromatic heterocycles. The van der Waals surface area contributed by atoms with Crippen LogP contribution in [0.25, 0.3) is 0 Å². The minimum Gasteiger partial charge on any atom is -0.480 e. The number of rotatable bonds is 11. The van der Waals surface area contributed by atoms with Crippen LogP contribution in [0.3, 0.4) is 0 Å². The van der Waals surface area contributed by atoms with E-state index >= 15 is 0 Å². The van der Waals surface area contributed by atoms with Crippen LogP contribution in [0.5, 0.6) is 0 Å². The highest BCUT2D eigenvalue weighted by Crippen LogP contribution is 2.27. The monoisotopic (exact) mass is 428 g/mol. The Labute approximate surface area is 179 Å².